The SMILES string of the molecule is COc1nc(-c2cccc(-c3cccc(-c4cc5c(c(OC)n4)[C@@H](N4CC6(CN(C(C)=O)C6)C4)CC5)c3Cl)c2Cl)cc2c1[C@@H](N1CC(OC)C1)CC2. The third kappa shape index (κ3) is 5.42. The molecule has 270 valence electrons. The molecule has 5 heterocycles. The van der Waals surface area contributed by atoms with Crippen molar-refractivity contribution in [1.29, 1.82) is 0 Å². The first-order valence-corrected chi connectivity index (χ1v) is 19.0. The van der Waals surface area contributed by atoms with E-state index < -0.39 is 0 Å². The summed E-state index contributed by atoms with van der Waals surface area (Å²) < 4.78 is 17.4. The van der Waals surface area contributed by atoms with Crippen molar-refractivity contribution in [2.24, 2.45) is 5.41 Å². The van der Waals surface area contributed by atoms with E-state index in [2.05, 4.69) is 21.9 Å². The number of rotatable bonds is 8. The number of aromatic nitrogens is 2. The molecule has 4 aromatic rings. The smallest absolute Gasteiger partial charge is 0.219 e. The van der Waals surface area contributed by atoms with E-state index in [0.29, 0.717) is 27.9 Å². The number of benzene rings is 2. The molecule has 9 rings (SSSR count). The van der Waals surface area contributed by atoms with Gasteiger partial charge in [-0.2, -0.15) is 0 Å². The average molecular weight is 741 g/mol. The zero-order valence-corrected chi connectivity index (χ0v) is 31.6. The number of amides is 1. The van der Waals surface area contributed by atoms with E-state index in [-0.39, 0.29) is 23.4 Å². The number of methoxy groups -OCH3 is 3. The van der Waals surface area contributed by atoms with Gasteiger partial charge < -0.3 is 19.1 Å². The zero-order valence-electron chi connectivity index (χ0n) is 30.0. The van der Waals surface area contributed by atoms with Crippen LogP contribution in [0.4, 0.5) is 0 Å². The molecule has 2 aromatic heterocycles. The number of aryl methyl sites for hydroxylation is 2. The Labute approximate surface area is 314 Å². The lowest BCUT2D eigenvalue weighted by Crippen LogP contribution is -2.72. The molecule has 3 saturated heterocycles. The molecule has 0 bridgehead atoms. The van der Waals surface area contributed by atoms with Gasteiger partial charge in [0.2, 0.25) is 17.7 Å². The second-order valence-electron chi connectivity index (χ2n) is 15.2. The third-order valence-electron chi connectivity index (χ3n) is 12.2. The molecule has 2 aromatic carbocycles. The van der Waals surface area contributed by atoms with Gasteiger partial charge in [-0.3, -0.25) is 14.6 Å². The molecule has 3 fully saturated rings. The molecule has 3 aliphatic heterocycles. The number of hydrogen-bond donors (Lipinski definition) is 0. The molecule has 2 atom stereocenters. The van der Waals surface area contributed by atoms with E-state index in [0.717, 1.165) is 98.6 Å². The Hall–Kier alpha value is -3.73. The largest absolute Gasteiger partial charge is 0.481 e. The van der Waals surface area contributed by atoms with Gasteiger partial charge in [-0.1, -0.05) is 59.6 Å². The highest BCUT2D eigenvalue weighted by Gasteiger charge is 2.55. The molecule has 2 aliphatic carbocycles. The highest BCUT2D eigenvalue weighted by atomic mass is 35.5. The summed E-state index contributed by atoms with van der Waals surface area (Å²) in [4.78, 5) is 28.8. The first-order chi connectivity index (χ1) is 25.2. The van der Waals surface area contributed by atoms with Gasteiger partial charge in [0.1, 0.15) is 0 Å². The quantitative estimate of drug-likeness (QED) is 0.187. The van der Waals surface area contributed by atoms with E-state index in [1.54, 1.807) is 28.3 Å². The van der Waals surface area contributed by atoms with Crippen LogP contribution in [0.3, 0.4) is 0 Å². The summed E-state index contributed by atoms with van der Waals surface area (Å²) in [5.74, 6) is 1.48. The van der Waals surface area contributed by atoms with Crippen molar-refractivity contribution in [2.45, 2.75) is 50.8 Å². The molecule has 0 unspecified atom stereocenters. The van der Waals surface area contributed by atoms with Gasteiger partial charge in [0, 0.05) is 104 Å². The van der Waals surface area contributed by atoms with Crippen molar-refractivity contribution < 1.29 is 19.0 Å². The lowest BCUT2D eigenvalue weighted by Gasteiger charge is -2.61. The Morgan fingerprint density at radius 3 is 1.67 bits per heavy atom. The summed E-state index contributed by atoms with van der Waals surface area (Å²) in [5, 5.41) is 1.17. The zero-order chi connectivity index (χ0) is 35.9. The molecular weight excluding hydrogens is 697 g/mol. The van der Waals surface area contributed by atoms with Gasteiger partial charge in [-0.05, 0) is 48.9 Å². The lowest BCUT2D eigenvalue weighted by atomic mass is 9.72. The summed E-state index contributed by atoms with van der Waals surface area (Å²) in [7, 11) is 5.17. The van der Waals surface area contributed by atoms with Gasteiger partial charge in [-0.25, -0.2) is 9.97 Å². The maximum absolute atomic E-state index is 11.8. The predicted octanol–water partition coefficient (Wildman–Crippen LogP) is 7.27. The van der Waals surface area contributed by atoms with E-state index in [1.165, 1.54) is 22.3 Å². The number of hydrogen-bond acceptors (Lipinski definition) is 8. The standard InChI is InChI=1S/C41H43Cl2N5O4/c1-23(49)47-19-41(20-47)21-48(22-41)34-14-12-25-16-32(45-40(52-4)36(25)34)30-10-6-8-28(38(30)43)27-7-5-9-29(37(27)42)31-15-24-11-13-33(35(24)39(44-31)51-3)46-17-26(18-46)50-2/h5-10,15-16,26,33-34H,11-14,17-22H2,1-4H3/t33-,34-/m0/s1. The normalized spacial score (nSPS) is 22.1. The highest BCUT2D eigenvalue weighted by molar-refractivity contribution is 6.39. The van der Waals surface area contributed by atoms with Crippen LogP contribution < -0.4 is 9.47 Å². The molecular formula is C41H43Cl2N5O4. The van der Waals surface area contributed by atoms with Crippen LogP contribution in [0.2, 0.25) is 10.0 Å². The number of halogens is 2. The van der Waals surface area contributed by atoms with E-state index in [9.17, 15) is 4.79 Å². The average Bonchev–Trinajstić information content (AvgIpc) is 3.71. The van der Waals surface area contributed by atoms with Crippen LogP contribution in [0, 0.1) is 5.41 Å². The van der Waals surface area contributed by atoms with E-state index in [1.807, 2.05) is 41.3 Å². The summed E-state index contributed by atoms with van der Waals surface area (Å²) in [5.41, 5.74) is 10.0. The Morgan fingerprint density at radius 2 is 1.21 bits per heavy atom. The van der Waals surface area contributed by atoms with Gasteiger partial charge in [0.25, 0.3) is 0 Å². The number of likely N-dealkylation sites (tertiary alicyclic amines) is 3. The van der Waals surface area contributed by atoms with E-state index in [4.69, 9.17) is 47.4 Å². The second kappa shape index (κ2) is 13.0. The fourth-order valence-electron chi connectivity index (χ4n) is 9.45. The molecule has 52 heavy (non-hydrogen) atoms. The van der Waals surface area contributed by atoms with Crippen LogP contribution in [0.25, 0.3) is 33.6 Å². The highest BCUT2D eigenvalue weighted by Crippen LogP contribution is 2.51. The second-order valence-corrected chi connectivity index (χ2v) is 16.0. The number of ether oxygens (including phenoxy) is 3. The molecule has 9 nitrogen and oxygen atoms in total. The molecule has 0 radical (unpaired) electrons. The lowest BCUT2D eigenvalue weighted by molar-refractivity contribution is -0.161. The molecule has 11 heteroatoms. The Kier molecular flexibility index (Phi) is 8.51. The maximum Gasteiger partial charge on any atom is 0.219 e. The first kappa shape index (κ1) is 34.1. The fraction of sp³-hybridized carbons (Fsp3) is 0.439. The molecule has 5 aliphatic rings. The van der Waals surface area contributed by atoms with E-state index >= 15 is 0 Å². The van der Waals surface area contributed by atoms with Crippen LogP contribution in [0.1, 0.15) is 54.1 Å². The van der Waals surface area contributed by atoms with Crippen LogP contribution in [-0.2, 0) is 22.4 Å². The number of fused-ring (bicyclic) bond motifs is 2. The van der Waals surface area contributed by atoms with Crippen LogP contribution in [0.15, 0.2) is 48.5 Å². The molecule has 1 spiro atoms. The van der Waals surface area contributed by atoms with Gasteiger partial charge in [0.05, 0.1) is 41.8 Å². The summed E-state index contributed by atoms with van der Waals surface area (Å²) in [6, 6.07) is 17.0. The van der Waals surface area contributed by atoms with Crippen molar-refractivity contribution in [2.75, 3.05) is 60.6 Å². The van der Waals surface area contributed by atoms with Crippen molar-refractivity contribution in [3.05, 3.63) is 80.8 Å². The van der Waals surface area contributed by atoms with Gasteiger partial charge in [-0.15, -0.1) is 0 Å². The van der Waals surface area contributed by atoms with Crippen LogP contribution in [-0.4, -0.2) is 97.3 Å². The Balaban J connectivity index is 1.00. The van der Waals surface area contributed by atoms with Crippen molar-refractivity contribution in [1.82, 2.24) is 24.7 Å². The molecule has 0 saturated carbocycles. The maximum atomic E-state index is 11.8. The minimum atomic E-state index is 0.167. The minimum absolute atomic E-state index is 0.167. The van der Waals surface area contributed by atoms with Crippen LogP contribution in [0.5, 0.6) is 11.8 Å². The number of carbonyl (C=O) groups is 1. The van der Waals surface area contributed by atoms with Crippen molar-refractivity contribution in [3.8, 4) is 45.4 Å². The Bertz CT molecular complexity index is 2090. The fourth-order valence-corrected chi connectivity index (χ4v) is 10.1. The Morgan fingerprint density at radius 1 is 0.731 bits per heavy atom. The van der Waals surface area contributed by atoms with Crippen molar-refractivity contribution >= 4 is 29.1 Å². The molecule has 1 amide bonds. The topological polar surface area (TPSA) is 80.3 Å². The minimum Gasteiger partial charge on any atom is -0.481 e. The number of pyridine rings is 2. The van der Waals surface area contributed by atoms with Gasteiger partial charge >= 0.3 is 0 Å². The first-order valence-electron chi connectivity index (χ1n) is 18.2. The summed E-state index contributed by atoms with van der Waals surface area (Å²) in [6.45, 7) is 7.24. The monoisotopic (exact) mass is 739 g/mol. The van der Waals surface area contributed by atoms with Gasteiger partial charge in [0.15, 0.2) is 0 Å². The number of carbonyl (C=O) groups excluding carboxylic acids is 1. The predicted molar refractivity (Wildman–Crippen MR) is 202 cm³/mol. The van der Waals surface area contributed by atoms with Crippen molar-refractivity contribution in [3.63, 3.8) is 0 Å². The number of nitrogens with zero attached hydrogens (tertiary/aromatic N) is 5. The molecule has 0 N–H and O–H groups in total. The van der Waals surface area contributed by atoms with Crippen LogP contribution >= 0.6 is 23.2 Å². The summed E-state index contributed by atoms with van der Waals surface area (Å²) in [6.07, 6.45) is 4.26. The summed E-state index contributed by atoms with van der Waals surface area (Å²) >= 11 is 14.5. The third-order valence-corrected chi connectivity index (χ3v) is 13.0.